The molecule has 0 unspecified atom stereocenters. The van der Waals surface area contributed by atoms with Crippen molar-refractivity contribution in [3.8, 4) is 0 Å². The van der Waals surface area contributed by atoms with Gasteiger partial charge in [0.1, 0.15) is 5.82 Å². The number of nitrogens with zero attached hydrogens (tertiary/aromatic N) is 3. The van der Waals surface area contributed by atoms with E-state index in [1.54, 1.807) is 4.90 Å². The number of carbonyl (C=O) groups excluding carboxylic acids is 1. The summed E-state index contributed by atoms with van der Waals surface area (Å²) >= 11 is 1.45. The van der Waals surface area contributed by atoms with E-state index in [4.69, 9.17) is 4.98 Å². The van der Waals surface area contributed by atoms with Crippen LogP contribution in [0.3, 0.4) is 0 Å². The second-order valence-electron chi connectivity index (χ2n) is 9.43. The van der Waals surface area contributed by atoms with Crippen molar-refractivity contribution in [3.05, 3.63) is 49.8 Å². The van der Waals surface area contributed by atoms with Gasteiger partial charge in [0.15, 0.2) is 0 Å². The summed E-state index contributed by atoms with van der Waals surface area (Å²) in [6, 6.07) is 3.73. The van der Waals surface area contributed by atoms with Crippen molar-refractivity contribution in [1.29, 1.82) is 0 Å². The van der Waals surface area contributed by atoms with Crippen LogP contribution in [0.4, 0.5) is 0 Å². The fourth-order valence-corrected chi connectivity index (χ4v) is 6.24. The summed E-state index contributed by atoms with van der Waals surface area (Å²) in [6.07, 6.45) is 9.82. The van der Waals surface area contributed by atoms with Gasteiger partial charge in [0, 0.05) is 32.0 Å². The third kappa shape index (κ3) is 4.62. The number of hydrogen-bond donors (Lipinski definition) is 1. The minimum atomic E-state index is -0.0620. The first-order valence-electron chi connectivity index (χ1n) is 11.8. The van der Waals surface area contributed by atoms with Crippen molar-refractivity contribution in [2.45, 2.75) is 63.8 Å². The number of hydrogen-bond acceptors (Lipinski definition) is 5. The van der Waals surface area contributed by atoms with Gasteiger partial charge < -0.3 is 14.8 Å². The van der Waals surface area contributed by atoms with Gasteiger partial charge in [-0.25, -0.2) is 4.98 Å². The molecule has 2 aromatic rings. The molecule has 0 radical (unpaired) electrons. The van der Waals surface area contributed by atoms with E-state index in [0.717, 1.165) is 35.3 Å². The molecule has 166 valence electrons. The summed E-state index contributed by atoms with van der Waals surface area (Å²) in [7, 11) is 0. The Labute approximate surface area is 187 Å². The second-order valence-corrected chi connectivity index (χ2v) is 10.4. The van der Waals surface area contributed by atoms with Gasteiger partial charge in [-0.1, -0.05) is 25.3 Å². The van der Waals surface area contributed by atoms with Gasteiger partial charge in [-0.15, -0.1) is 11.3 Å². The zero-order valence-corrected chi connectivity index (χ0v) is 19.0. The quantitative estimate of drug-likeness (QED) is 0.785. The summed E-state index contributed by atoms with van der Waals surface area (Å²) < 4.78 is 0. The first-order valence-corrected chi connectivity index (χ1v) is 12.7. The molecule has 2 aromatic heterocycles. The molecule has 6 nitrogen and oxygen atoms in total. The zero-order valence-electron chi connectivity index (χ0n) is 18.1. The Morgan fingerprint density at radius 2 is 2.03 bits per heavy atom. The van der Waals surface area contributed by atoms with Gasteiger partial charge in [0.2, 0.25) is 0 Å². The molecule has 2 fully saturated rings. The van der Waals surface area contributed by atoms with E-state index in [-0.39, 0.29) is 11.5 Å². The van der Waals surface area contributed by atoms with Gasteiger partial charge in [-0.3, -0.25) is 9.59 Å². The normalized spacial score (nSPS) is 23.0. The summed E-state index contributed by atoms with van der Waals surface area (Å²) in [6.45, 7) is 4.35. The molecule has 7 heteroatoms. The number of carbonyl (C=O) groups is 1. The van der Waals surface area contributed by atoms with Crippen LogP contribution in [0.1, 0.15) is 77.6 Å². The van der Waals surface area contributed by atoms with Crippen LogP contribution in [0, 0.1) is 5.92 Å². The Bertz CT molecular complexity index is 964. The average molecular weight is 441 g/mol. The number of fused-ring (bicyclic) bond motifs is 1. The number of aromatic amines is 1. The highest BCUT2D eigenvalue weighted by Gasteiger charge is 2.29. The molecule has 31 heavy (non-hydrogen) atoms. The molecule has 1 amide bonds. The smallest absolute Gasteiger partial charge is 0.264 e. The summed E-state index contributed by atoms with van der Waals surface area (Å²) in [4.78, 5) is 38.7. The number of H-pyrrole nitrogens is 1. The van der Waals surface area contributed by atoms with E-state index in [1.807, 2.05) is 17.5 Å². The van der Waals surface area contributed by atoms with Crippen LogP contribution in [0.15, 0.2) is 22.3 Å². The maximum atomic E-state index is 12.9. The van der Waals surface area contributed by atoms with E-state index in [1.165, 1.54) is 63.0 Å². The van der Waals surface area contributed by atoms with E-state index in [9.17, 15) is 9.59 Å². The Hall–Kier alpha value is -1.99. The molecule has 0 bridgehead atoms. The van der Waals surface area contributed by atoms with Crippen LogP contribution >= 0.6 is 11.3 Å². The minimum Gasteiger partial charge on any atom is -0.333 e. The van der Waals surface area contributed by atoms with Crippen LogP contribution in [-0.2, 0) is 13.0 Å². The first-order chi connectivity index (χ1) is 15.2. The lowest BCUT2D eigenvalue weighted by molar-refractivity contribution is 0.0737. The van der Waals surface area contributed by atoms with Crippen LogP contribution in [0.2, 0.25) is 0 Å². The predicted molar refractivity (Wildman–Crippen MR) is 123 cm³/mol. The molecule has 2 aliphatic heterocycles. The van der Waals surface area contributed by atoms with E-state index in [0.29, 0.717) is 31.0 Å². The standard InChI is InChI=1S/C24H32N4O2S/c29-23-19-16-28(24(30)21-9-5-13-31-21)12-10-20(19)25-22(26-23)18-8-4-11-27(15-18)14-17-6-2-1-3-7-17/h5,9,13,17-18H,1-4,6-8,10-12,14-16H2,(H,25,26,29)/t18-/m1/s1. The molecule has 1 aliphatic carbocycles. The van der Waals surface area contributed by atoms with Gasteiger partial charge in [0.25, 0.3) is 11.5 Å². The average Bonchev–Trinajstić information content (AvgIpc) is 3.34. The molecular formula is C24H32N4O2S. The number of aromatic nitrogens is 2. The molecule has 0 spiro atoms. The molecule has 1 saturated carbocycles. The molecule has 5 rings (SSSR count). The number of piperidine rings is 1. The van der Waals surface area contributed by atoms with Crippen molar-refractivity contribution >= 4 is 17.2 Å². The predicted octanol–water partition coefficient (Wildman–Crippen LogP) is 3.79. The summed E-state index contributed by atoms with van der Waals surface area (Å²) in [5.41, 5.74) is 1.49. The topological polar surface area (TPSA) is 69.3 Å². The van der Waals surface area contributed by atoms with Crippen molar-refractivity contribution in [3.63, 3.8) is 0 Å². The van der Waals surface area contributed by atoms with Gasteiger partial charge in [-0.2, -0.15) is 0 Å². The summed E-state index contributed by atoms with van der Waals surface area (Å²) in [5, 5.41) is 1.91. The van der Waals surface area contributed by atoms with E-state index >= 15 is 0 Å². The molecule has 0 aromatic carbocycles. The number of thiophene rings is 1. The van der Waals surface area contributed by atoms with Crippen molar-refractivity contribution in [2.75, 3.05) is 26.2 Å². The second kappa shape index (κ2) is 9.25. The van der Waals surface area contributed by atoms with Crippen LogP contribution < -0.4 is 5.56 Å². The monoisotopic (exact) mass is 440 g/mol. The number of rotatable bonds is 4. The zero-order chi connectivity index (χ0) is 21.2. The van der Waals surface area contributed by atoms with E-state index in [2.05, 4.69) is 9.88 Å². The maximum Gasteiger partial charge on any atom is 0.264 e. The molecule has 1 N–H and O–H groups in total. The lowest BCUT2D eigenvalue weighted by Gasteiger charge is -2.36. The van der Waals surface area contributed by atoms with Crippen molar-refractivity contribution < 1.29 is 4.79 Å². The van der Waals surface area contributed by atoms with Crippen LogP contribution in [-0.4, -0.2) is 51.9 Å². The van der Waals surface area contributed by atoms with Crippen molar-refractivity contribution in [1.82, 2.24) is 19.8 Å². The van der Waals surface area contributed by atoms with E-state index < -0.39 is 0 Å². The van der Waals surface area contributed by atoms with Gasteiger partial charge >= 0.3 is 0 Å². The van der Waals surface area contributed by atoms with Gasteiger partial charge in [-0.05, 0) is 49.6 Å². The van der Waals surface area contributed by atoms with Crippen LogP contribution in [0.25, 0.3) is 0 Å². The molecule has 3 aliphatic rings. The number of amides is 1. The fraction of sp³-hybridized carbons (Fsp3) is 0.625. The van der Waals surface area contributed by atoms with Gasteiger partial charge in [0.05, 0.1) is 22.7 Å². The lowest BCUT2D eigenvalue weighted by atomic mass is 9.87. The minimum absolute atomic E-state index is 0.00904. The first kappa shape index (κ1) is 20.9. The number of nitrogens with one attached hydrogen (secondary N) is 1. The molecule has 1 saturated heterocycles. The highest BCUT2D eigenvalue weighted by Crippen LogP contribution is 2.29. The number of likely N-dealkylation sites (tertiary alicyclic amines) is 1. The highest BCUT2D eigenvalue weighted by atomic mass is 32.1. The molecule has 4 heterocycles. The van der Waals surface area contributed by atoms with Crippen molar-refractivity contribution in [2.24, 2.45) is 5.92 Å². The third-order valence-electron chi connectivity index (χ3n) is 7.24. The maximum absolute atomic E-state index is 12.9. The molecular weight excluding hydrogens is 408 g/mol. The lowest BCUT2D eigenvalue weighted by Crippen LogP contribution is -2.41. The Morgan fingerprint density at radius 3 is 2.84 bits per heavy atom. The SMILES string of the molecule is O=C(c1cccs1)N1CCc2nc([C@@H]3CCCN(CC4CCCCC4)C3)[nH]c(=O)c2C1. The summed E-state index contributed by atoms with van der Waals surface area (Å²) in [5.74, 6) is 2.01. The van der Waals surface area contributed by atoms with Crippen LogP contribution in [0.5, 0.6) is 0 Å². The Morgan fingerprint density at radius 1 is 1.16 bits per heavy atom. The Balaban J connectivity index is 1.28. The Kier molecular flexibility index (Phi) is 6.23. The largest absolute Gasteiger partial charge is 0.333 e. The third-order valence-corrected chi connectivity index (χ3v) is 8.10. The highest BCUT2D eigenvalue weighted by molar-refractivity contribution is 7.12. The fourth-order valence-electron chi connectivity index (χ4n) is 5.55. The molecule has 1 atom stereocenters.